The predicted octanol–water partition coefficient (Wildman–Crippen LogP) is 4.25. The molecule has 3 aromatic rings. The molecule has 1 atom stereocenters. The Hall–Kier alpha value is -1.61. The fourth-order valence-corrected chi connectivity index (χ4v) is 6.43. The van der Waals surface area contributed by atoms with Crippen molar-refractivity contribution in [2.24, 2.45) is 0 Å². The number of halogens is 1. The first-order valence-corrected chi connectivity index (χ1v) is 18.4. The van der Waals surface area contributed by atoms with Crippen molar-refractivity contribution in [3.05, 3.63) is 34.3 Å². The molecular weight excluding hydrogens is 595 g/mol. The Kier molecular flexibility index (Phi) is 8.15. The van der Waals surface area contributed by atoms with E-state index in [0.29, 0.717) is 25.6 Å². The van der Waals surface area contributed by atoms with E-state index in [1.807, 2.05) is 22.9 Å². The maximum Gasteiger partial charge on any atom is 0.211 e. The average molecular weight is 629 g/mol. The van der Waals surface area contributed by atoms with Crippen LogP contribution in [0.25, 0.3) is 22.4 Å². The van der Waals surface area contributed by atoms with Crippen LogP contribution in [0, 0.1) is 3.57 Å². The number of pyridine rings is 1. The first kappa shape index (κ1) is 26.4. The summed E-state index contributed by atoms with van der Waals surface area (Å²) in [7, 11) is -4.35. The quantitative estimate of drug-likeness (QED) is 0.215. The Morgan fingerprint density at radius 2 is 2.09 bits per heavy atom. The second-order valence-electron chi connectivity index (χ2n) is 10.2. The van der Waals surface area contributed by atoms with Gasteiger partial charge in [-0.3, -0.25) is 0 Å². The van der Waals surface area contributed by atoms with Gasteiger partial charge in [0.2, 0.25) is 10.0 Å². The van der Waals surface area contributed by atoms with Gasteiger partial charge in [-0.05, 0) is 53.6 Å². The molecule has 0 amide bonds. The number of sulfonamides is 1. The number of hydrogen-bond donors (Lipinski definition) is 1. The molecule has 0 radical (unpaired) electrons. The van der Waals surface area contributed by atoms with E-state index in [0.717, 1.165) is 51.5 Å². The van der Waals surface area contributed by atoms with Crippen LogP contribution < -0.4 is 5.32 Å². The van der Waals surface area contributed by atoms with Crippen LogP contribution in [-0.4, -0.2) is 72.3 Å². The minimum Gasteiger partial charge on any atom is -0.365 e. The Balaban J connectivity index is 1.54. The largest absolute Gasteiger partial charge is 0.365 e. The van der Waals surface area contributed by atoms with Gasteiger partial charge in [-0.2, -0.15) is 0 Å². The zero-order valence-corrected chi connectivity index (χ0v) is 24.6. The summed E-state index contributed by atoms with van der Waals surface area (Å²) < 4.78 is 34.5. The van der Waals surface area contributed by atoms with Crippen LogP contribution in [0.2, 0.25) is 25.7 Å². The number of rotatable bonds is 9. The summed E-state index contributed by atoms with van der Waals surface area (Å²) in [6.07, 6.45) is 8.47. The SMILES string of the molecule is C[Si](C)(C)CCOCn1cc(I)c2nc(-c3cccnc3NC3CCCN(S(C)(=O)=O)C3)cnc21. The molecule has 0 bridgehead atoms. The van der Waals surface area contributed by atoms with Crippen LogP contribution in [0.1, 0.15) is 12.8 Å². The van der Waals surface area contributed by atoms with Crippen molar-refractivity contribution in [3.8, 4) is 11.3 Å². The smallest absolute Gasteiger partial charge is 0.211 e. The summed E-state index contributed by atoms with van der Waals surface area (Å²) in [6, 6.07) is 4.95. The summed E-state index contributed by atoms with van der Waals surface area (Å²) in [5.41, 5.74) is 3.18. The minimum absolute atomic E-state index is 0.0154. The Morgan fingerprint density at radius 3 is 2.83 bits per heavy atom. The molecule has 1 aliphatic rings. The lowest BCUT2D eigenvalue weighted by Crippen LogP contribution is -2.44. The molecule has 1 fully saturated rings. The maximum atomic E-state index is 12.0. The van der Waals surface area contributed by atoms with Gasteiger partial charge in [0.05, 0.1) is 21.7 Å². The summed E-state index contributed by atoms with van der Waals surface area (Å²) >= 11 is 2.29. The van der Waals surface area contributed by atoms with Gasteiger partial charge < -0.3 is 14.6 Å². The fourth-order valence-electron chi connectivity index (χ4n) is 4.06. The van der Waals surface area contributed by atoms with E-state index in [4.69, 9.17) is 14.7 Å². The fraction of sp³-hybridized carbons (Fsp3) is 0.522. The number of piperidine rings is 1. The van der Waals surface area contributed by atoms with Crippen LogP contribution in [-0.2, 0) is 21.5 Å². The minimum atomic E-state index is -3.22. The van der Waals surface area contributed by atoms with Crippen molar-refractivity contribution in [1.82, 2.24) is 23.8 Å². The molecule has 0 spiro atoms. The zero-order valence-electron chi connectivity index (χ0n) is 20.7. The highest BCUT2D eigenvalue weighted by molar-refractivity contribution is 14.1. The van der Waals surface area contributed by atoms with Gasteiger partial charge in [-0.25, -0.2) is 27.7 Å². The van der Waals surface area contributed by atoms with Crippen LogP contribution in [0.3, 0.4) is 0 Å². The van der Waals surface area contributed by atoms with E-state index < -0.39 is 18.1 Å². The monoisotopic (exact) mass is 628 g/mol. The number of hydrogen-bond acceptors (Lipinski definition) is 7. The third kappa shape index (κ3) is 6.79. The van der Waals surface area contributed by atoms with E-state index in [2.05, 4.69) is 52.5 Å². The predicted molar refractivity (Wildman–Crippen MR) is 151 cm³/mol. The van der Waals surface area contributed by atoms with Crippen molar-refractivity contribution < 1.29 is 13.2 Å². The molecule has 1 saturated heterocycles. The van der Waals surface area contributed by atoms with Gasteiger partial charge in [0.15, 0.2) is 5.65 Å². The number of anilines is 1. The molecular formula is C23H33IN6O3SSi. The first-order chi connectivity index (χ1) is 16.5. The van der Waals surface area contributed by atoms with Gasteiger partial charge in [0.1, 0.15) is 18.1 Å². The molecule has 0 saturated carbocycles. The lowest BCUT2D eigenvalue weighted by molar-refractivity contribution is 0.0898. The first-order valence-electron chi connectivity index (χ1n) is 11.8. The van der Waals surface area contributed by atoms with E-state index in [-0.39, 0.29) is 6.04 Å². The van der Waals surface area contributed by atoms with Gasteiger partial charge in [0.25, 0.3) is 0 Å². The topological polar surface area (TPSA) is 102 Å². The van der Waals surface area contributed by atoms with E-state index in [1.165, 1.54) is 10.6 Å². The van der Waals surface area contributed by atoms with Crippen LogP contribution in [0.5, 0.6) is 0 Å². The van der Waals surface area contributed by atoms with Crippen molar-refractivity contribution in [2.45, 2.75) is 51.3 Å². The lowest BCUT2D eigenvalue weighted by Gasteiger charge is -2.32. The normalized spacial score (nSPS) is 17.7. The van der Waals surface area contributed by atoms with Gasteiger partial charge >= 0.3 is 0 Å². The molecule has 1 aliphatic heterocycles. The standard InChI is InChI=1S/C23H33IN6O3SSi/c1-34(31,32)30-10-6-7-17(14-30)27-22-18(8-5-9-25-22)20-13-26-23-21(28-20)19(24)15-29(23)16-33-11-12-35(2,3)4/h5,8-9,13,15,17H,6-7,10-12,14,16H2,1-4H3,(H,25,27). The third-order valence-electron chi connectivity index (χ3n) is 6.03. The van der Waals surface area contributed by atoms with Gasteiger partial charge in [-0.1, -0.05) is 19.6 Å². The molecule has 3 aromatic heterocycles. The molecule has 35 heavy (non-hydrogen) atoms. The van der Waals surface area contributed by atoms with E-state index in [9.17, 15) is 8.42 Å². The van der Waals surface area contributed by atoms with Crippen LogP contribution in [0.15, 0.2) is 30.7 Å². The van der Waals surface area contributed by atoms with Crippen LogP contribution in [0.4, 0.5) is 5.82 Å². The Bertz CT molecular complexity index is 1290. The molecule has 1 N–H and O–H groups in total. The number of fused-ring (bicyclic) bond motifs is 1. The molecule has 0 aliphatic carbocycles. The third-order valence-corrected chi connectivity index (χ3v) is 9.79. The molecule has 4 rings (SSSR count). The highest BCUT2D eigenvalue weighted by Crippen LogP contribution is 2.29. The zero-order chi connectivity index (χ0) is 25.2. The highest BCUT2D eigenvalue weighted by Gasteiger charge is 2.26. The number of nitrogens with one attached hydrogen (secondary N) is 1. The summed E-state index contributed by atoms with van der Waals surface area (Å²) in [4.78, 5) is 14.2. The van der Waals surface area contributed by atoms with Crippen LogP contribution >= 0.6 is 22.6 Å². The second kappa shape index (κ2) is 10.8. The molecule has 0 aromatic carbocycles. The summed E-state index contributed by atoms with van der Waals surface area (Å²) in [6.45, 7) is 9.22. The van der Waals surface area contributed by atoms with Crippen molar-refractivity contribution in [3.63, 3.8) is 0 Å². The summed E-state index contributed by atoms with van der Waals surface area (Å²) in [5, 5.41) is 3.46. The molecule has 4 heterocycles. The second-order valence-corrected chi connectivity index (χ2v) is 19.0. The lowest BCUT2D eigenvalue weighted by atomic mass is 10.1. The maximum absolute atomic E-state index is 12.0. The van der Waals surface area contributed by atoms with Gasteiger partial charge in [0, 0.05) is 51.8 Å². The van der Waals surface area contributed by atoms with Crippen molar-refractivity contribution in [2.75, 3.05) is 31.3 Å². The number of aromatic nitrogens is 4. The molecule has 190 valence electrons. The van der Waals surface area contributed by atoms with Crippen molar-refractivity contribution >= 4 is 57.7 Å². The Labute approximate surface area is 221 Å². The van der Waals surface area contributed by atoms with Crippen molar-refractivity contribution in [1.29, 1.82) is 0 Å². The van der Waals surface area contributed by atoms with E-state index in [1.54, 1.807) is 12.4 Å². The van der Waals surface area contributed by atoms with E-state index >= 15 is 0 Å². The summed E-state index contributed by atoms with van der Waals surface area (Å²) in [5.74, 6) is 0.686. The van der Waals surface area contributed by atoms with Gasteiger partial charge in [-0.15, -0.1) is 0 Å². The molecule has 12 heteroatoms. The number of nitrogens with zero attached hydrogens (tertiary/aromatic N) is 5. The number of ether oxygens (including phenoxy) is 1. The highest BCUT2D eigenvalue weighted by atomic mass is 127. The molecule has 1 unspecified atom stereocenters. The molecule has 9 nitrogen and oxygen atoms in total. The Morgan fingerprint density at radius 1 is 1.29 bits per heavy atom. The average Bonchev–Trinajstić information content (AvgIpc) is 3.11.